The van der Waals surface area contributed by atoms with Gasteiger partial charge < -0.3 is 20.7 Å². The van der Waals surface area contributed by atoms with Gasteiger partial charge in [0.15, 0.2) is 0 Å². The molecule has 0 unspecified atom stereocenters. The quantitative estimate of drug-likeness (QED) is 0.864. The molecule has 2 heterocycles. The predicted molar refractivity (Wildman–Crippen MR) is 80.9 cm³/mol. The summed E-state index contributed by atoms with van der Waals surface area (Å²) in [6.45, 7) is 6.94. The van der Waals surface area contributed by atoms with Gasteiger partial charge >= 0.3 is 6.09 Å². The summed E-state index contributed by atoms with van der Waals surface area (Å²) in [6.07, 6.45) is 3.04. The Morgan fingerprint density at radius 2 is 2.10 bits per heavy atom. The number of nitrogens with one attached hydrogen (secondary N) is 1. The molecule has 0 aromatic carbocycles. The first-order valence-electron chi connectivity index (χ1n) is 7.16. The molecule has 0 radical (unpaired) electrons. The summed E-state index contributed by atoms with van der Waals surface area (Å²) in [4.78, 5) is 22.0. The molecule has 1 fully saturated rings. The molecule has 3 N–H and O–H groups in total. The van der Waals surface area contributed by atoms with E-state index in [9.17, 15) is 4.79 Å². The van der Waals surface area contributed by atoms with Crippen molar-refractivity contribution in [3.05, 3.63) is 12.3 Å². The zero-order valence-electron chi connectivity index (χ0n) is 12.8. The van der Waals surface area contributed by atoms with Gasteiger partial charge in [-0.05, 0) is 39.7 Å². The van der Waals surface area contributed by atoms with Gasteiger partial charge in [0, 0.05) is 25.3 Å². The largest absolute Gasteiger partial charge is 0.444 e. The summed E-state index contributed by atoms with van der Waals surface area (Å²) in [5.41, 5.74) is 5.17. The minimum absolute atomic E-state index is 0.241. The molecule has 116 valence electrons. The molecular weight excluding hydrogens is 270 g/mol. The van der Waals surface area contributed by atoms with E-state index < -0.39 is 5.60 Å². The number of ether oxygens (including phenoxy) is 1. The van der Waals surface area contributed by atoms with Crippen LogP contribution >= 0.6 is 0 Å². The van der Waals surface area contributed by atoms with E-state index in [2.05, 4.69) is 15.3 Å². The third-order valence-electron chi connectivity index (χ3n) is 3.16. The van der Waals surface area contributed by atoms with Crippen LogP contribution in [0.5, 0.6) is 0 Å². The highest BCUT2D eigenvalue weighted by atomic mass is 16.6. The Morgan fingerprint density at radius 3 is 2.67 bits per heavy atom. The fourth-order valence-corrected chi connectivity index (χ4v) is 2.16. The number of piperidine rings is 1. The minimum Gasteiger partial charge on any atom is -0.444 e. The first-order chi connectivity index (χ1) is 9.83. The van der Waals surface area contributed by atoms with Crippen molar-refractivity contribution in [2.45, 2.75) is 45.3 Å². The van der Waals surface area contributed by atoms with Gasteiger partial charge in [0.2, 0.25) is 5.95 Å². The van der Waals surface area contributed by atoms with Gasteiger partial charge in [-0.25, -0.2) is 9.78 Å². The van der Waals surface area contributed by atoms with E-state index in [1.165, 1.54) is 0 Å². The number of nitrogens with zero attached hydrogens (tertiary/aromatic N) is 3. The van der Waals surface area contributed by atoms with E-state index in [1.807, 2.05) is 20.8 Å². The van der Waals surface area contributed by atoms with Crippen LogP contribution in [0, 0.1) is 0 Å². The molecule has 0 atom stereocenters. The van der Waals surface area contributed by atoms with Crippen LogP contribution in [0.2, 0.25) is 0 Å². The van der Waals surface area contributed by atoms with Gasteiger partial charge in [-0.3, -0.25) is 0 Å². The predicted octanol–water partition coefficient (Wildman–Crippen LogP) is 1.87. The number of carbonyl (C=O) groups is 1. The third-order valence-corrected chi connectivity index (χ3v) is 3.16. The van der Waals surface area contributed by atoms with Crippen LogP contribution in [-0.2, 0) is 4.74 Å². The summed E-state index contributed by atoms with van der Waals surface area (Å²) in [7, 11) is 0. The Bertz CT molecular complexity index is 492. The van der Waals surface area contributed by atoms with Gasteiger partial charge in [0.25, 0.3) is 0 Å². The molecule has 1 aromatic heterocycles. The zero-order chi connectivity index (χ0) is 15.5. The van der Waals surface area contributed by atoms with Crippen LogP contribution in [0.25, 0.3) is 0 Å². The molecular formula is C14H23N5O2. The zero-order valence-corrected chi connectivity index (χ0v) is 12.8. The SMILES string of the molecule is CC(C)(C)OC(=O)N1CCC(Nc2nccc(N)n2)CC1. The van der Waals surface area contributed by atoms with Crippen molar-refractivity contribution in [3.63, 3.8) is 0 Å². The number of aromatic nitrogens is 2. The Kier molecular flexibility index (Phi) is 4.50. The van der Waals surface area contributed by atoms with Crippen LogP contribution < -0.4 is 11.1 Å². The van der Waals surface area contributed by atoms with Crippen molar-refractivity contribution in [1.29, 1.82) is 0 Å². The molecule has 2 rings (SSSR count). The van der Waals surface area contributed by atoms with Crippen molar-refractivity contribution in [3.8, 4) is 0 Å². The second-order valence-corrected chi connectivity index (χ2v) is 6.19. The van der Waals surface area contributed by atoms with Crippen molar-refractivity contribution in [2.24, 2.45) is 0 Å². The van der Waals surface area contributed by atoms with E-state index >= 15 is 0 Å². The summed E-state index contributed by atoms with van der Waals surface area (Å²) in [5, 5.41) is 3.25. The highest BCUT2D eigenvalue weighted by Gasteiger charge is 2.27. The van der Waals surface area contributed by atoms with E-state index in [4.69, 9.17) is 10.5 Å². The average molecular weight is 293 g/mol. The fraction of sp³-hybridized carbons (Fsp3) is 0.643. The first kappa shape index (κ1) is 15.3. The molecule has 7 heteroatoms. The molecule has 1 amide bonds. The lowest BCUT2D eigenvalue weighted by atomic mass is 10.1. The number of anilines is 2. The number of hydrogen-bond donors (Lipinski definition) is 2. The fourth-order valence-electron chi connectivity index (χ4n) is 2.16. The number of hydrogen-bond acceptors (Lipinski definition) is 6. The normalized spacial score (nSPS) is 16.6. The van der Waals surface area contributed by atoms with Crippen LogP contribution in [0.4, 0.5) is 16.6 Å². The molecule has 0 spiro atoms. The standard InChI is InChI=1S/C14H23N5O2/c1-14(2,3)21-13(20)19-8-5-10(6-9-19)17-12-16-7-4-11(15)18-12/h4,7,10H,5-6,8-9H2,1-3H3,(H3,15,16,17,18). The van der Waals surface area contributed by atoms with Gasteiger partial charge in [0.05, 0.1) is 0 Å². The van der Waals surface area contributed by atoms with Gasteiger partial charge in [0.1, 0.15) is 11.4 Å². The second-order valence-electron chi connectivity index (χ2n) is 6.19. The maximum absolute atomic E-state index is 12.0. The Balaban J connectivity index is 1.82. The summed E-state index contributed by atoms with van der Waals surface area (Å²) in [5.74, 6) is 0.976. The summed E-state index contributed by atoms with van der Waals surface area (Å²) >= 11 is 0. The topological polar surface area (TPSA) is 93.4 Å². The van der Waals surface area contributed by atoms with Crippen molar-refractivity contribution >= 4 is 17.9 Å². The Labute approximate surface area is 124 Å². The molecule has 0 bridgehead atoms. The molecule has 1 saturated heterocycles. The van der Waals surface area contributed by atoms with E-state index in [0.29, 0.717) is 24.9 Å². The maximum Gasteiger partial charge on any atom is 0.410 e. The number of nitrogens with two attached hydrogens (primary N) is 1. The molecule has 7 nitrogen and oxygen atoms in total. The molecule has 1 aromatic rings. The minimum atomic E-state index is -0.457. The van der Waals surface area contributed by atoms with E-state index in [0.717, 1.165) is 12.8 Å². The summed E-state index contributed by atoms with van der Waals surface area (Å²) in [6, 6.07) is 1.89. The second kappa shape index (κ2) is 6.15. The molecule has 1 aliphatic heterocycles. The number of likely N-dealkylation sites (tertiary alicyclic amines) is 1. The Hall–Kier alpha value is -2.05. The lowest BCUT2D eigenvalue weighted by Gasteiger charge is -2.33. The smallest absolute Gasteiger partial charge is 0.410 e. The number of amides is 1. The number of carbonyl (C=O) groups excluding carboxylic acids is 1. The highest BCUT2D eigenvalue weighted by molar-refractivity contribution is 5.68. The molecule has 0 saturated carbocycles. The van der Waals surface area contributed by atoms with Gasteiger partial charge in [-0.1, -0.05) is 0 Å². The molecule has 21 heavy (non-hydrogen) atoms. The van der Waals surface area contributed by atoms with E-state index in [-0.39, 0.29) is 12.1 Å². The lowest BCUT2D eigenvalue weighted by molar-refractivity contribution is 0.0210. The summed E-state index contributed by atoms with van der Waals surface area (Å²) < 4.78 is 5.37. The van der Waals surface area contributed by atoms with E-state index in [1.54, 1.807) is 17.2 Å². The molecule has 0 aliphatic carbocycles. The van der Waals surface area contributed by atoms with Crippen LogP contribution in [0.1, 0.15) is 33.6 Å². The lowest BCUT2D eigenvalue weighted by Crippen LogP contribution is -2.44. The number of nitrogen functional groups attached to an aromatic ring is 1. The van der Waals surface area contributed by atoms with Crippen molar-refractivity contribution < 1.29 is 9.53 Å². The number of rotatable bonds is 2. The van der Waals surface area contributed by atoms with Gasteiger partial charge in [-0.15, -0.1) is 0 Å². The highest BCUT2D eigenvalue weighted by Crippen LogP contribution is 2.17. The van der Waals surface area contributed by atoms with Crippen LogP contribution in [-0.4, -0.2) is 45.7 Å². The van der Waals surface area contributed by atoms with Crippen molar-refractivity contribution in [2.75, 3.05) is 24.1 Å². The van der Waals surface area contributed by atoms with Gasteiger partial charge in [-0.2, -0.15) is 4.98 Å². The Morgan fingerprint density at radius 1 is 1.43 bits per heavy atom. The maximum atomic E-state index is 12.0. The van der Waals surface area contributed by atoms with Crippen LogP contribution in [0.15, 0.2) is 12.3 Å². The third kappa shape index (κ3) is 4.77. The van der Waals surface area contributed by atoms with Crippen molar-refractivity contribution in [1.82, 2.24) is 14.9 Å². The van der Waals surface area contributed by atoms with Crippen LogP contribution in [0.3, 0.4) is 0 Å². The monoisotopic (exact) mass is 293 g/mol. The molecule has 1 aliphatic rings. The first-order valence-corrected chi connectivity index (χ1v) is 7.16. The average Bonchev–Trinajstić information content (AvgIpc) is 2.37.